The van der Waals surface area contributed by atoms with E-state index in [0.29, 0.717) is 120 Å². The second kappa shape index (κ2) is 57.4. The maximum absolute atomic E-state index is 10.4. The van der Waals surface area contributed by atoms with Crippen LogP contribution in [-0.4, -0.2) is 180 Å². The van der Waals surface area contributed by atoms with E-state index in [1.165, 1.54) is 54.6 Å². The number of nitro benzene ring substituents is 10. The first-order chi connectivity index (χ1) is 63.5. The van der Waals surface area contributed by atoms with E-state index in [1.54, 1.807) is 72.8 Å². The Morgan fingerprint density at radius 1 is 0.164 bits per heavy atom. The molecule has 0 bridgehead atoms. The molecule has 0 saturated heterocycles. The van der Waals surface area contributed by atoms with Crippen LogP contribution in [0.15, 0.2) is 206 Å². The monoisotopic (exact) mass is 1850 g/mol. The Bertz CT molecular complexity index is 6150. The standard InChI is InChI=1S/C8H5NO5.C8H5NO4.3C8H6O2.2C7H4N2O6.C7H4N2O5.C7H5NO4.C7H5NO3.C7H6O3/c10-3-5-1-6(4-11)8(12)7(2-5)9(13)14;10-4-6-1-7(5-11)3-8(2-6)9(12)13;9-5-7-1-2-8(6-10)4-3-7;9-5-7-2-1-3-8(4-7)6-10;9-5-7-3-1-2-4-8(7)6-10;10-3-4-1-5(8(12)13)2-6(7(4)11)9(14)15;10-3-4-1-5(8(12)13)7(11)6(2-4)9(14)15;10-4-5-1-6(8(11)12)3-7(2-5)9(13)14;9-4-5-1-2-7(10)6(3-5)8(11)12;9-5-6-2-1-3-7(4-6)8(10)11;8-4-5-1-2-6(9)7(10)3-5/h1-4,12H;1-5H;3*1-6H;2*1-3,11H;1-4H;1-4,10H;1-5H;1-4,9-10H. The van der Waals surface area contributed by atoms with Gasteiger partial charge in [0.05, 0.1) is 72.5 Å². The van der Waals surface area contributed by atoms with Crippen molar-refractivity contribution in [3.8, 4) is 34.5 Å². The Labute approximate surface area is 742 Å². The Morgan fingerprint density at radius 3 is 0.746 bits per heavy atom. The summed E-state index contributed by atoms with van der Waals surface area (Å²) in [5.74, 6) is -3.59. The molecule has 0 aliphatic heterocycles. The fraction of sp³-hybridized carbons (Fsp3) is 0. The summed E-state index contributed by atoms with van der Waals surface area (Å²) in [7, 11) is 0. The van der Waals surface area contributed by atoms with Crippen LogP contribution in [0.2, 0.25) is 0 Å². The molecule has 0 amide bonds. The molecule has 134 heavy (non-hydrogen) atoms. The van der Waals surface area contributed by atoms with Gasteiger partial charge in [0, 0.05) is 145 Å². The summed E-state index contributed by atoms with van der Waals surface area (Å²) in [6.45, 7) is 0. The van der Waals surface area contributed by atoms with Crippen molar-refractivity contribution in [3.63, 3.8) is 0 Å². The molecule has 52 nitrogen and oxygen atoms in total. The summed E-state index contributed by atoms with van der Waals surface area (Å²) in [6, 6.07) is 43.6. The molecular weight excluding hydrogens is 1800 g/mol. The quantitative estimate of drug-likeness (QED) is 0.0127. The van der Waals surface area contributed by atoms with Gasteiger partial charge in [-0.05, 0) is 48.5 Å². The molecule has 0 aliphatic rings. The number of phenolic OH excluding ortho intramolecular Hbond substituents is 6. The smallest absolute Gasteiger partial charge is 0.318 e. The van der Waals surface area contributed by atoms with Crippen molar-refractivity contribution in [1.82, 2.24) is 0 Å². The summed E-state index contributed by atoms with van der Waals surface area (Å²) >= 11 is 0. The highest BCUT2D eigenvalue weighted by atomic mass is 16.7. The van der Waals surface area contributed by atoms with E-state index in [9.17, 15) is 183 Å². The van der Waals surface area contributed by atoms with Crippen molar-refractivity contribution in [2.75, 3.05) is 0 Å². The first-order valence-electron chi connectivity index (χ1n) is 34.8. The number of hydrogen-bond donors (Lipinski definition) is 6. The zero-order valence-electron chi connectivity index (χ0n) is 66.7. The number of aldehydes is 16. The zero-order chi connectivity index (χ0) is 102. The number of non-ortho nitro benzene ring substituents is 5. The minimum Gasteiger partial charge on any atom is -0.504 e. The van der Waals surface area contributed by atoms with Gasteiger partial charge in [0.2, 0.25) is 11.5 Å². The van der Waals surface area contributed by atoms with Gasteiger partial charge in [-0.2, -0.15) is 0 Å². The number of carbonyl (C=O) groups excluding carboxylic acids is 16. The molecule has 0 aromatic heterocycles. The molecule has 11 aromatic rings. The van der Waals surface area contributed by atoms with Gasteiger partial charge < -0.3 is 30.6 Å². The summed E-state index contributed by atoms with van der Waals surface area (Å²) in [5.41, 5.74) is -2.54. The number of nitro groups is 10. The lowest BCUT2D eigenvalue weighted by Crippen LogP contribution is -1.96. The molecule has 0 radical (unpaired) electrons. The van der Waals surface area contributed by atoms with Gasteiger partial charge in [-0.1, -0.05) is 78.9 Å². The molecule has 11 aromatic carbocycles. The van der Waals surface area contributed by atoms with Crippen LogP contribution in [0.1, 0.15) is 166 Å². The summed E-state index contributed by atoms with van der Waals surface area (Å²) < 4.78 is 0. The number of hydrogen-bond acceptors (Lipinski definition) is 42. The van der Waals surface area contributed by atoms with Gasteiger partial charge in [-0.3, -0.25) is 178 Å². The minimum absolute atomic E-state index is 0.0309. The van der Waals surface area contributed by atoms with Gasteiger partial charge in [0.1, 0.15) is 62.9 Å². The number of carbonyl (C=O) groups is 16. The maximum Gasteiger partial charge on any atom is 0.318 e. The summed E-state index contributed by atoms with van der Waals surface area (Å²) in [5, 5.41) is 157. The average molecular weight is 1850 g/mol. The molecule has 0 spiro atoms. The molecule has 0 heterocycles. The normalized spacial score (nSPS) is 9.25. The summed E-state index contributed by atoms with van der Waals surface area (Å²) in [4.78, 5) is 259. The third kappa shape index (κ3) is 37.2. The first kappa shape index (κ1) is 111. The molecule has 6 N–H and O–H groups in total. The Morgan fingerprint density at radius 2 is 0.410 bits per heavy atom. The SMILES string of the molecule is O=Cc1cc(C=O)c(O)c([N+](=O)[O-])c1.O=Cc1cc(C=O)cc([N+](=O)[O-])c1.O=Cc1cc([N+](=O)[O-])c(O)c([N+](=O)[O-])c1.O=Cc1cc([N+](=O)[O-])cc([N+](=O)[O-])c1.O=Cc1cc([N+](=O)[O-])cc([N+](=O)[O-])c1O.O=Cc1ccc(C=O)cc1.O=Cc1ccc(O)c(O)c1.O=Cc1ccc(O)c([N+](=O)[O-])c1.O=Cc1cccc(C=O)c1.O=Cc1cccc([N+](=O)[O-])c1.O=Cc1ccccc1C=O. The molecule has 0 fully saturated rings. The predicted octanol–water partition coefficient (Wildman–Crippen LogP) is 12.9. The van der Waals surface area contributed by atoms with Gasteiger partial charge in [0.25, 0.3) is 34.2 Å². The van der Waals surface area contributed by atoms with Crippen molar-refractivity contribution in [2.24, 2.45) is 0 Å². The molecule has 0 unspecified atom stereocenters. The predicted molar refractivity (Wildman–Crippen MR) is 454 cm³/mol. The Balaban J connectivity index is 0.000000739. The van der Waals surface area contributed by atoms with Crippen LogP contribution in [0.3, 0.4) is 0 Å². The average Bonchev–Trinajstić information content (AvgIpc) is 0.817. The number of benzene rings is 11. The lowest BCUT2D eigenvalue weighted by molar-refractivity contribution is -0.396. The Hall–Kier alpha value is -21.1. The van der Waals surface area contributed by atoms with Crippen LogP contribution in [-0.2, 0) is 0 Å². The lowest BCUT2D eigenvalue weighted by Gasteiger charge is -1.99. The van der Waals surface area contributed by atoms with E-state index in [-0.39, 0.29) is 80.7 Å². The van der Waals surface area contributed by atoms with Gasteiger partial charge in [-0.25, -0.2) is 0 Å². The van der Waals surface area contributed by atoms with Crippen LogP contribution < -0.4 is 0 Å². The van der Waals surface area contributed by atoms with E-state index in [2.05, 4.69) is 0 Å². The Kier molecular flexibility index (Phi) is 47.5. The van der Waals surface area contributed by atoms with E-state index in [4.69, 9.17) is 25.5 Å². The molecule has 11 rings (SSSR count). The second-order valence-corrected chi connectivity index (χ2v) is 23.9. The third-order valence-electron chi connectivity index (χ3n) is 15.1. The van der Waals surface area contributed by atoms with Crippen LogP contribution in [0.25, 0.3) is 0 Å². The number of nitrogens with zero attached hydrogens (tertiary/aromatic N) is 10. The van der Waals surface area contributed by atoms with Crippen LogP contribution >= 0.6 is 0 Å². The molecular formula is C82H56N10O42. The lowest BCUT2D eigenvalue weighted by atomic mass is 10.1. The fourth-order valence-electron chi connectivity index (χ4n) is 8.86. The molecule has 686 valence electrons. The molecule has 0 atom stereocenters. The van der Waals surface area contributed by atoms with E-state index in [0.717, 1.165) is 85.4 Å². The number of rotatable bonds is 26. The second-order valence-electron chi connectivity index (χ2n) is 23.9. The van der Waals surface area contributed by atoms with Crippen molar-refractivity contribution in [2.45, 2.75) is 0 Å². The van der Waals surface area contributed by atoms with E-state index in [1.807, 2.05) is 0 Å². The molecule has 52 heteroatoms. The first-order valence-corrected chi connectivity index (χ1v) is 34.8. The van der Waals surface area contributed by atoms with Crippen molar-refractivity contribution in [3.05, 3.63) is 396 Å². The zero-order valence-corrected chi connectivity index (χ0v) is 66.7. The highest BCUT2D eigenvalue weighted by Gasteiger charge is 2.27. The highest BCUT2D eigenvalue weighted by molar-refractivity contribution is 5.91. The number of aromatic hydroxyl groups is 6. The van der Waals surface area contributed by atoms with Gasteiger partial charge in [-0.15, -0.1) is 0 Å². The van der Waals surface area contributed by atoms with E-state index < -0.39 is 123 Å². The van der Waals surface area contributed by atoms with Crippen molar-refractivity contribution in [1.29, 1.82) is 0 Å². The fourth-order valence-corrected chi connectivity index (χ4v) is 8.86. The van der Waals surface area contributed by atoms with Crippen LogP contribution in [0, 0.1) is 101 Å². The van der Waals surface area contributed by atoms with Crippen molar-refractivity contribution < 1.29 is 157 Å². The van der Waals surface area contributed by atoms with Crippen molar-refractivity contribution >= 4 is 157 Å². The number of phenols is 6. The van der Waals surface area contributed by atoms with E-state index >= 15 is 0 Å². The van der Waals surface area contributed by atoms with Crippen LogP contribution in [0.4, 0.5) is 56.9 Å². The third-order valence-corrected chi connectivity index (χ3v) is 15.1. The highest BCUT2D eigenvalue weighted by Crippen LogP contribution is 2.37. The van der Waals surface area contributed by atoms with Gasteiger partial charge >= 0.3 is 28.4 Å². The maximum atomic E-state index is 10.4. The van der Waals surface area contributed by atoms with Gasteiger partial charge in [0.15, 0.2) is 55.0 Å². The topological polar surface area (TPSA) is 826 Å². The largest absolute Gasteiger partial charge is 0.504 e. The molecule has 0 aliphatic carbocycles. The molecule has 0 saturated carbocycles. The van der Waals surface area contributed by atoms with Crippen LogP contribution in [0.5, 0.6) is 34.5 Å². The summed E-state index contributed by atoms with van der Waals surface area (Å²) in [6.07, 6.45) is 8.08. The minimum atomic E-state index is -1.06.